The molecule has 0 radical (unpaired) electrons. The van der Waals surface area contributed by atoms with Crippen LogP contribution >= 0.6 is 50.7 Å². The van der Waals surface area contributed by atoms with Gasteiger partial charge in [0.2, 0.25) is 0 Å². The van der Waals surface area contributed by atoms with Crippen molar-refractivity contribution in [2.75, 3.05) is 12.4 Å². The fourth-order valence-electron chi connectivity index (χ4n) is 2.95. The largest absolute Gasteiger partial charge is 0.493 e. The molecule has 174 valence electrons. The van der Waals surface area contributed by atoms with Crippen LogP contribution in [0, 0.1) is 18.3 Å². The molecule has 0 aliphatic heterocycles. The highest BCUT2D eigenvalue weighted by atomic mass is 79.9. The normalized spacial score (nSPS) is 11.0. The monoisotopic (exact) mass is 578 g/mol. The van der Waals surface area contributed by atoms with Gasteiger partial charge >= 0.3 is 0 Å². The number of rotatable bonds is 7. The van der Waals surface area contributed by atoms with Crippen LogP contribution in [-0.2, 0) is 11.4 Å². The number of benzene rings is 3. The van der Waals surface area contributed by atoms with Gasteiger partial charge in [0.05, 0.1) is 17.2 Å². The second-order valence-corrected chi connectivity index (χ2v) is 9.25. The molecule has 1 amide bonds. The van der Waals surface area contributed by atoms with Gasteiger partial charge in [-0.1, -0.05) is 62.9 Å². The van der Waals surface area contributed by atoms with E-state index in [9.17, 15) is 10.1 Å². The highest BCUT2D eigenvalue weighted by Crippen LogP contribution is 2.35. The van der Waals surface area contributed by atoms with Crippen LogP contribution in [0.1, 0.15) is 16.7 Å². The van der Waals surface area contributed by atoms with Gasteiger partial charge in [0, 0.05) is 15.2 Å². The van der Waals surface area contributed by atoms with E-state index in [1.165, 1.54) is 13.2 Å². The molecule has 0 unspecified atom stereocenters. The van der Waals surface area contributed by atoms with E-state index in [1.807, 2.05) is 19.1 Å². The van der Waals surface area contributed by atoms with Crippen molar-refractivity contribution < 1.29 is 14.3 Å². The van der Waals surface area contributed by atoms with E-state index in [1.54, 1.807) is 42.5 Å². The molecular formula is C25H18BrCl3N2O3. The first-order chi connectivity index (χ1) is 16.2. The van der Waals surface area contributed by atoms with Crippen molar-refractivity contribution in [2.45, 2.75) is 13.5 Å². The molecule has 34 heavy (non-hydrogen) atoms. The summed E-state index contributed by atoms with van der Waals surface area (Å²) in [4.78, 5) is 12.7. The standard InChI is InChI=1S/C25H18BrCl3N2O3/c1-14-3-5-18(27)10-22(14)31-25(32)17(12-30)8-16-9-23(33-2)24(11-19(16)26)34-13-15-4-6-20(28)21(29)7-15/h3-11H,13H2,1-2H3,(H,31,32)/b17-8+. The van der Waals surface area contributed by atoms with Crippen LogP contribution in [0.25, 0.3) is 6.08 Å². The van der Waals surface area contributed by atoms with Crippen LogP contribution in [0.5, 0.6) is 11.5 Å². The Hall–Kier alpha value is -2.69. The molecule has 0 spiro atoms. The van der Waals surface area contributed by atoms with Crippen LogP contribution in [0.4, 0.5) is 5.69 Å². The number of nitriles is 1. The number of amides is 1. The molecule has 0 bridgehead atoms. The van der Waals surface area contributed by atoms with E-state index in [0.29, 0.717) is 42.3 Å². The Morgan fingerprint density at radius 2 is 1.85 bits per heavy atom. The Morgan fingerprint density at radius 3 is 2.53 bits per heavy atom. The van der Waals surface area contributed by atoms with Crippen molar-refractivity contribution in [3.63, 3.8) is 0 Å². The summed E-state index contributed by atoms with van der Waals surface area (Å²) < 4.78 is 12.0. The predicted octanol–water partition coefficient (Wildman–Crippen LogP) is 7.85. The first-order valence-electron chi connectivity index (χ1n) is 9.85. The molecule has 3 aromatic carbocycles. The van der Waals surface area contributed by atoms with Crippen LogP contribution in [0.15, 0.2) is 58.6 Å². The first-order valence-corrected chi connectivity index (χ1v) is 11.8. The average Bonchev–Trinajstić information content (AvgIpc) is 2.81. The topological polar surface area (TPSA) is 71.3 Å². The van der Waals surface area contributed by atoms with E-state index < -0.39 is 5.91 Å². The van der Waals surface area contributed by atoms with Crippen molar-refractivity contribution in [1.82, 2.24) is 0 Å². The summed E-state index contributed by atoms with van der Waals surface area (Å²) in [6, 6.07) is 15.7. The molecule has 3 aromatic rings. The minimum absolute atomic E-state index is 0.0911. The van der Waals surface area contributed by atoms with Gasteiger partial charge in [-0.2, -0.15) is 5.26 Å². The van der Waals surface area contributed by atoms with E-state index in [-0.39, 0.29) is 12.2 Å². The number of methoxy groups -OCH3 is 1. The first kappa shape index (κ1) is 25.9. The molecule has 0 saturated heterocycles. The number of halogens is 4. The molecule has 0 aliphatic rings. The Bertz CT molecular complexity index is 1320. The van der Waals surface area contributed by atoms with Gasteiger partial charge in [-0.05, 0) is 66.1 Å². The Morgan fingerprint density at radius 1 is 1.09 bits per heavy atom. The van der Waals surface area contributed by atoms with Crippen molar-refractivity contribution in [1.29, 1.82) is 5.26 Å². The van der Waals surface area contributed by atoms with Gasteiger partial charge in [0.25, 0.3) is 5.91 Å². The van der Waals surface area contributed by atoms with Gasteiger partial charge in [0.1, 0.15) is 18.2 Å². The highest BCUT2D eigenvalue weighted by molar-refractivity contribution is 9.10. The molecule has 0 aromatic heterocycles. The lowest BCUT2D eigenvalue weighted by molar-refractivity contribution is -0.112. The number of ether oxygens (including phenoxy) is 2. The third kappa shape index (κ3) is 6.46. The molecule has 5 nitrogen and oxygen atoms in total. The number of aryl methyl sites for hydroxylation is 1. The van der Waals surface area contributed by atoms with E-state index >= 15 is 0 Å². The molecule has 0 aliphatic carbocycles. The maximum Gasteiger partial charge on any atom is 0.266 e. The maximum atomic E-state index is 12.7. The zero-order chi connectivity index (χ0) is 24.8. The SMILES string of the molecule is COc1cc(/C=C(\C#N)C(=O)Nc2cc(Cl)ccc2C)c(Br)cc1OCc1ccc(Cl)c(Cl)c1. The molecule has 0 fully saturated rings. The van der Waals surface area contributed by atoms with Crippen LogP contribution in [0.3, 0.4) is 0 Å². The average molecular weight is 581 g/mol. The van der Waals surface area contributed by atoms with Crippen LogP contribution in [0.2, 0.25) is 15.1 Å². The highest BCUT2D eigenvalue weighted by Gasteiger charge is 2.15. The summed E-state index contributed by atoms with van der Waals surface area (Å²) in [7, 11) is 1.50. The zero-order valence-corrected chi connectivity index (χ0v) is 21.9. The fourth-order valence-corrected chi connectivity index (χ4v) is 3.88. The number of hydrogen-bond donors (Lipinski definition) is 1. The smallest absolute Gasteiger partial charge is 0.266 e. The summed E-state index contributed by atoms with van der Waals surface area (Å²) in [5.74, 6) is 0.340. The quantitative estimate of drug-likeness (QED) is 0.228. The second-order valence-electron chi connectivity index (χ2n) is 7.14. The number of nitrogens with one attached hydrogen (secondary N) is 1. The van der Waals surface area contributed by atoms with Crippen LogP contribution in [-0.4, -0.2) is 13.0 Å². The number of anilines is 1. The van der Waals surface area contributed by atoms with Gasteiger partial charge in [-0.15, -0.1) is 0 Å². The van der Waals surface area contributed by atoms with Gasteiger partial charge in [-0.3, -0.25) is 4.79 Å². The molecule has 0 atom stereocenters. The molecule has 0 saturated carbocycles. The minimum atomic E-state index is -0.557. The van der Waals surface area contributed by atoms with Gasteiger partial charge in [0.15, 0.2) is 11.5 Å². The lowest BCUT2D eigenvalue weighted by Crippen LogP contribution is -2.14. The molecule has 3 rings (SSSR count). The molecule has 1 N–H and O–H groups in total. The Labute approximate surface area is 221 Å². The number of hydrogen-bond acceptors (Lipinski definition) is 4. The molecule has 0 heterocycles. The van der Waals surface area contributed by atoms with Crippen molar-refractivity contribution in [2.24, 2.45) is 0 Å². The minimum Gasteiger partial charge on any atom is -0.493 e. The van der Waals surface area contributed by atoms with Gasteiger partial charge < -0.3 is 14.8 Å². The predicted molar refractivity (Wildman–Crippen MR) is 140 cm³/mol. The Balaban J connectivity index is 1.84. The third-order valence-corrected chi connectivity index (χ3v) is 6.43. The summed E-state index contributed by atoms with van der Waals surface area (Å²) in [6.45, 7) is 2.07. The third-order valence-electron chi connectivity index (χ3n) is 4.77. The Kier molecular flexibility index (Phi) is 8.87. The van der Waals surface area contributed by atoms with Crippen molar-refractivity contribution in [3.8, 4) is 17.6 Å². The number of carbonyl (C=O) groups is 1. The fraction of sp³-hybridized carbons (Fsp3) is 0.120. The van der Waals surface area contributed by atoms with Gasteiger partial charge in [-0.25, -0.2) is 0 Å². The van der Waals surface area contributed by atoms with E-state index in [0.717, 1.165) is 11.1 Å². The number of carbonyl (C=O) groups excluding carboxylic acids is 1. The zero-order valence-electron chi connectivity index (χ0n) is 18.1. The lowest BCUT2D eigenvalue weighted by Gasteiger charge is -2.13. The summed E-state index contributed by atoms with van der Waals surface area (Å²) in [5.41, 5.74) is 2.65. The van der Waals surface area contributed by atoms with E-state index in [2.05, 4.69) is 21.2 Å². The maximum absolute atomic E-state index is 12.7. The summed E-state index contributed by atoms with van der Waals surface area (Å²) >= 11 is 21.5. The van der Waals surface area contributed by atoms with Crippen LogP contribution < -0.4 is 14.8 Å². The number of nitrogens with zero attached hydrogens (tertiary/aromatic N) is 1. The molecule has 9 heteroatoms. The molecular weight excluding hydrogens is 563 g/mol. The van der Waals surface area contributed by atoms with Crippen molar-refractivity contribution in [3.05, 3.63) is 90.3 Å². The summed E-state index contributed by atoms with van der Waals surface area (Å²) in [5, 5.41) is 13.7. The lowest BCUT2D eigenvalue weighted by atomic mass is 10.1. The summed E-state index contributed by atoms with van der Waals surface area (Å²) in [6.07, 6.45) is 1.46. The second kappa shape index (κ2) is 11.6. The van der Waals surface area contributed by atoms with Crippen molar-refractivity contribution >= 4 is 68.4 Å². The van der Waals surface area contributed by atoms with E-state index in [4.69, 9.17) is 44.3 Å².